The molecule has 0 fully saturated rings. The van der Waals surface area contributed by atoms with Gasteiger partial charge in [0, 0.05) is 0 Å². The van der Waals surface area contributed by atoms with Gasteiger partial charge in [0.25, 0.3) is 0 Å². The first-order valence-electron chi connectivity index (χ1n) is 10.0. The first kappa shape index (κ1) is 15.4. The van der Waals surface area contributed by atoms with Gasteiger partial charge in [-0.2, -0.15) is 0 Å². The number of hydrogen-bond donors (Lipinski definition) is 1. The lowest BCUT2D eigenvalue weighted by Gasteiger charge is -2.32. The van der Waals surface area contributed by atoms with Crippen LogP contribution in [0.3, 0.4) is 0 Å². The Balaban J connectivity index is 1.57. The lowest BCUT2D eigenvalue weighted by Crippen LogP contribution is -2.20. The van der Waals surface area contributed by atoms with Gasteiger partial charge < -0.3 is 5.11 Å². The normalized spacial score (nSPS) is 21.4. The molecule has 3 aliphatic carbocycles. The van der Waals surface area contributed by atoms with Crippen molar-refractivity contribution in [2.24, 2.45) is 0 Å². The number of hydrogen-bond acceptors (Lipinski definition) is 1. The molecule has 3 aromatic carbocycles. The lowest BCUT2D eigenvalue weighted by molar-refractivity contribution is 0.192. The molecule has 0 spiro atoms. The Morgan fingerprint density at radius 3 is 2.48 bits per heavy atom. The summed E-state index contributed by atoms with van der Waals surface area (Å²) in [7, 11) is 0. The monoisotopic (exact) mass is 350 g/mol. The van der Waals surface area contributed by atoms with Gasteiger partial charge in [0.2, 0.25) is 0 Å². The van der Waals surface area contributed by atoms with Crippen molar-refractivity contribution in [1.82, 2.24) is 0 Å². The highest BCUT2D eigenvalue weighted by atomic mass is 16.3. The van der Waals surface area contributed by atoms with E-state index >= 15 is 0 Å². The van der Waals surface area contributed by atoms with Crippen LogP contribution in [0.2, 0.25) is 0 Å². The van der Waals surface area contributed by atoms with E-state index in [1.165, 1.54) is 55.0 Å². The summed E-state index contributed by atoms with van der Waals surface area (Å²) in [6.45, 7) is 0. The van der Waals surface area contributed by atoms with Crippen LogP contribution in [0.5, 0.6) is 0 Å². The summed E-state index contributed by atoms with van der Waals surface area (Å²) in [5.74, 6) is 0. The van der Waals surface area contributed by atoms with Gasteiger partial charge in [-0.25, -0.2) is 0 Å². The van der Waals surface area contributed by atoms with Crippen LogP contribution in [0.15, 0.2) is 77.4 Å². The van der Waals surface area contributed by atoms with Crippen molar-refractivity contribution < 1.29 is 5.11 Å². The fourth-order valence-electron chi connectivity index (χ4n) is 5.13. The summed E-state index contributed by atoms with van der Waals surface area (Å²) in [6.07, 6.45) is 9.61. The third-order valence-electron chi connectivity index (χ3n) is 6.56. The van der Waals surface area contributed by atoms with Gasteiger partial charge in [-0.1, -0.05) is 42.0 Å². The van der Waals surface area contributed by atoms with Crippen molar-refractivity contribution in [1.29, 1.82) is 0 Å². The molecule has 0 bridgehead atoms. The van der Waals surface area contributed by atoms with Gasteiger partial charge in [-0.05, 0) is 106 Å². The third kappa shape index (κ3) is 2.35. The van der Waals surface area contributed by atoms with Crippen LogP contribution in [0.4, 0.5) is 0 Å². The van der Waals surface area contributed by atoms with Crippen LogP contribution in [0, 0.1) is 0 Å². The summed E-state index contributed by atoms with van der Waals surface area (Å²) >= 11 is 0. The van der Waals surface area contributed by atoms with Gasteiger partial charge in [-0.3, -0.25) is 0 Å². The van der Waals surface area contributed by atoms with E-state index in [1.54, 1.807) is 0 Å². The number of benzene rings is 3. The standard InChI is InChI=1S/C26H22O/c27-26-7-3-6-18-12-19-8-9-20-13-21-10-16-4-1-2-5-17(16)11-22(21)14-23(20)24(19)15-25(18)26/h1-2,4-5,8,10-11,13-15,26-27H,3,6-7,9,12H2. The Bertz CT molecular complexity index is 1210. The topological polar surface area (TPSA) is 20.2 Å². The zero-order chi connectivity index (χ0) is 18.0. The highest BCUT2D eigenvalue weighted by Crippen LogP contribution is 2.44. The van der Waals surface area contributed by atoms with Crippen molar-refractivity contribution in [3.05, 3.63) is 88.5 Å². The maximum Gasteiger partial charge on any atom is 0.0790 e. The molecule has 0 heterocycles. The Hall–Kier alpha value is -2.64. The van der Waals surface area contributed by atoms with Gasteiger partial charge >= 0.3 is 0 Å². The number of allylic oxidation sites excluding steroid dienone is 4. The molecule has 0 aromatic heterocycles. The quantitative estimate of drug-likeness (QED) is 0.485. The third-order valence-corrected chi connectivity index (χ3v) is 6.56. The lowest BCUT2D eigenvalue weighted by atomic mass is 9.74. The van der Waals surface area contributed by atoms with Crippen LogP contribution < -0.4 is 0 Å². The van der Waals surface area contributed by atoms with E-state index in [2.05, 4.69) is 60.7 Å². The Morgan fingerprint density at radius 2 is 1.67 bits per heavy atom. The molecule has 132 valence electrons. The van der Waals surface area contributed by atoms with Crippen molar-refractivity contribution in [3.8, 4) is 0 Å². The average molecular weight is 350 g/mol. The molecule has 0 radical (unpaired) electrons. The summed E-state index contributed by atoms with van der Waals surface area (Å²) in [5, 5.41) is 15.7. The Labute approximate surface area is 159 Å². The SMILES string of the molecule is OC1CCCC2=C1C=C1C(=CCc3cc4cc5ccccc5cc4cc31)C2. The van der Waals surface area contributed by atoms with E-state index in [1.807, 2.05) is 0 Å². The zero-order valence-electron chi connectivity index (χ0n) is 15.3. The molecule has 1 atom stereocenters. The van der Waals surface area contributed by atoms with Crippen LogP contribution >= 0.6 is 0 Å². The number of aliphatic hydroxyl groups is 1. The van der Waals surface area contributed by atoms with Crippen LogP contribution in [0.1, 0.15) is 36.8 Å². The van der Waals surface area contributed by atoms with Crippen LogP contribution in [-0.2, 0) is 6.42 Å². The molecular weight excluding hydrogens is 328 g/mol. The second kappa shape index (κ2) is 5.68. The van der Waals surface area contributed by atoms with Gasteiger partial charge in [0.05, 0.1) is 6.10 Å². The van der Waals surface area contributed by atoms with Crippen LogP contribution in [-0.4, -0.2) is 11.2 Å². The van der Waals surface area contributed by atoms with E-state index in [0.717, 1.165) is 32.1 Å². The second-order valence-electron chi connectivity index (χ2n) is 8.19. The molecule has 6 rings (SSSR count). The molecule has 1 N–H and O–H groups in total. The smallest absolute Gasteiger partial charge is 0.0790 e. The molecule has 0 saturated heterocycles. The predicted octanol–water partition coefficient (Wildman–Crippen LogP) is 6.10. The van der Waals surface area contributed by atoms with Gasteiger partial charge in [0.1, 0.15) is 0 Å². The molecule has 0 saturated carbocycles. The molecular formula is C26H22O. The van der Waals surface area contributed by atoms with E-state index in [4.69, 9.17) is 0 Å². The molecule has 3 aromatic rings. The minimum atomic E-state index is -0.280. The van der Waals surface area contributed by atoms with Crippen molar-refractivity contribution in [3.63, 3.8) is 0 Å². The largest absolute Gasteiger partial charge is 0.388 e. The summed E-state index contributed by atoms with van der Waals surface area (Å²) in [4.78, 5) is 0. The fourth-order valence-corrected chi connectivity index (χ4v) is 5.13. The molecule has 1 nitrogen and oxygen atoms in total. The maximum absolute atomic E-state index is 10.5. The van der Waals surface area contributed by atoms with E-state index in [-0.39, 0.29) is 6.10 Å². The Morgan fingerprint density at radius 1 is 0.889 bits per heavy atom. The Kier molecular flexibility index (Phi) is 3.24. The van der Waals surface area contributed by atoms with Crippen molar-refractivity contribution >= 4 is 27.1 Å². The van der Waals surface area contributed by atoms with E-state index in [0.29, 0.717) is 0 Å². The maximum atomic E-state index is 10.5. The van der Waals surface area contributed by atoms with Crippen molar-refractivity contribution in [2.75, 3.05) is 0 Å². The first-order chi connectivity index (χ1) is 13.3. The molecule has 0 aliphatic heterocycles. The number of fused-ring (bicyclic) bond motifs is 5. The van der Waals surface area contributed by atoms with Crippen LogP contribution in [0.25, 0.3) is 27.1 Å². The van der Waals surface area contributed by atoms with E-state index in [9.17, 15) is 5.11 Å². The summed E-state index contributed by atoms with van der Waals surface area (Å²) < 4.78 is 0. The molecule has 1 heteroatoms. The highest BCUT2D eigenvalue weighted by molar-refractivity contribution is 6.01. The zero-order valence-corrected chi connectivity index (χ0v) is 15.3. The number of rotatable bonds is 0. The van der Waals surface area contributed by atoms with E-state index < -0.39 is 0 Å². The minimum absolute atomic E-state index is 0.280. The summed E-state index contributed by atoms with van der Waals surface area (Å²) in [5.41, 5.74) is 8.21. The fraction of sp³-hybridized carbons (Fsp3) is 0.231. The van der Waals surface area contributed by atoms with Crippen molar-refractivity contribution in [2.45, 2.75) is 38.2 Å². The minimum Gasteiger partial charge on any atom is -0.388 e. The summed E-state index contributed by atoms with van der Waals surface area (Å²) in [6, 6.07) is 18.0. The van der Waals surface area contributed by atoms with Gasteiger partial charge in [-0.15, -0.1) is 0 Å². The molecule has 1 unspecified atom stereocenters. The second-order valence-corrected chi connectivity index (χ2v) is 8.19. The number of aliphatic hydroxyl groups excluding tert-OH is 1. The predicted molar refractivity (Wildman–Crippen MR) is 113 cm³/mol. The van der Waals surface area contributed by atoms with Gasteiger partial charge in [0.15, 0.2) is 0 Å². The molecule has 27 heavy (non-hydrogen) atoms. The first-order valence-corrected chi connectivity index (χ1v) is 10.0. The molecule has 3 aliphatic rings. The molecule has 0 amide bonds. The highest BCUT2D eigenvalue weighted by Gasteiger charge is 2.28. The average Bonchev–Trinajstić information content (AvgIpc) is 2.70.